The number of amides is 1. The molecule has 5 nitrogen and oxygen atoms in total. The summed E-state index contributed by atoms with van der Waals surface area (Å²) in [7, 11) is 1.92. The van der Waals surface area contributed by atoms with Gasteiger partial charge in [0.2, 0.25) is 0 Å². The zero-order valence-electron chi connectivity index (χ0n) is 11.7. The molecular formula is C14H19N3O2. The number of nitrogens with zero attached hydrogens (tertiary/aromatic N) is 2. The Morgan fingerprint density at radius 2 is 2.21 bits per heavy atom. The number of hydrogen-bond donors (Lipinski definition) is 1. The fourth-order valence-electron chi connectivity index (χ4n) is 2.05. The molecule has 0 aliphatic carbocycles. The number of carbonyl (C=O) groups excluding carboxylic acids is 1. The van der Waals surface area contributed by atoms with Gasteiger partial charge in [-0.2, -0.15) is 0 Å². The van der Waals surface area contributed by atoms with Crippen LogP contribution in [0.3, 0.4) is 0 Å². The number of rotatable bonds is 4. The standard InChI is InChI=1S/C14H19N3O2/c1-9(2)12(13-15-6-7-17(13)4)16-14(18)11-5-8-19-10(11)3/h5-9,12H,1-4H3,(H,16,18)/t12-/m1/s1. The summed E-state index contributed by atoms with van der Waals surface area (Å²) in [6.07, 6.45) is 5.13. The van der Waals surface area contributed by atoms with Crippen LogP contribution < -0.4 is 5.32 Å². The Balaban J connectivity index is 2.21. The summed E-state index contributed by atoms with van der Waals surface area (Å²) >= 11 is 0. The van der Waals surface area contributed by atoms with E-state index in [2.05, 4.69) is 24.1 Å². The van der Waals surface area contributed by atoms with E-state index in [-0.39, 0.29) is 17.9 Å². The zero-order chi connectivity index (χ0) is 14.0. The second-order valence-electron chi connectivity index (χ2n) is 4.98. The summed E-state index contributed by atoms with van der Waals surface area (Å²) in [6.45, 7) is 5.89. The zero-order valence-corrected chi connectivity index (χ0v) is 11.7. The van der Waals surface area contributed by atoms with E-state index in [1.54, 1.807) is 19.2 Å². The fraction of sp³-hybridized carbons (Fsp3) is 0.429. The molecule has 1 amide bonds. The summed E-state index contributed by atoms with van der Waals surface area (Å²) in [5.74, 6) is 1.59. The molecule has 0 fully saturated rings. The first kappa shape index (κ1) is 13.4. The predicted octanol–water partition coefficient (Wildman–Crippen LogP) is 2.45. The number of nitrogens with one attached hydrogen (secondary N) is 1. The van der Waals surface area contributed by atoms with Crippen molar-refractivity contribution in [3.05, 3.63) is 41.9 Å². The van der Waals surface area contributed by atoms with Crippen molar-refractivity contribution in [2.75, 3.05) is 0 Å². The van der Waals surface area contributed by atoms with Crippen molar-refractivity contribution in [2.45, 2.75) is 26.8 Å². The van der Waals surface area contributed by atoms with Crippen LogP contribution in [0.5, 0.6) is 0 Å². The minimum atomic E-state index is -0.132. The Hall–Kier alpha value is -2.04. The molecule has 0 aliphatic rings. The maximum Gasteiger partial charge on any atom is 0.255 e. The first-order valence-electron chi connectivity index (χ1n) is 6.33. The van der Waals surface area contributed by atoms with Crippen LogP contribution >= 0.6 is 0 Å². The summed E-state index contributed by atoms with van der Waals surface area (Å²) in [4.78, 5) is 16.6. The fourth-order valence-corrected chi connectivity index (χ4v) is 2.05. The Labute approximate surface area is 112 Å². The van der Waals surface area contributed by atoms with Gasteiger partial charge >= 0.3 is 0 Å². The second kappa shape index (κ2) is 5.30. The first-order valence-corrected chi connectivity index (χ1v) is 6.33. The lowest BCUT2D eigenvalue weighted by atomic mass is 10.0. The maximum atomic E-state index is 12.2. The molecule has 2 aromatic rings. The van der Waals surface area contributed by atoms with Gasteiger partial charge in [0.1, 0.15) is 11.6 Å². The van der Waals surface area contributed by atoms with E-state index in [9.17, 15) is 4.79 Å². The molecule has 1 atom stereocenters. The number of hydrogen-bond acceptors (Lipinski definition) is 3. The van der Waals surface area contributed by atoms with Gasteiger partial charge in [-0.25, -0.2) is 4.98 Å². The van der Waals surface area contributed by atoms with Crippen molar-refractivity contribution < 1.29 is 9.21 Å². The molecule has 0 aliphatic heterocycles. The largest absolute Gasteiger partial charge is 0.469 e. The number of aromatic nitrogens is 2. The lowest BCUT2D eigenvalue weighted by Gasteiger charge is -2.21. The molecule has 0 saturated heterocycles. The van der Waals surface area contributed by atoms with Crippen LogP contribution in [0, 0.1) is 12.8 Å². The average molecular weight is 261 g/mol. The van der Waals surface area contributed by atoms with Crippen LogP contribution in [0.2, 0.25) is 0 Å². The van der Waals surface area contributed by atoms with Gasteiger partial charge in [-0.05, 0) is 18.9 Å². The van der Waals surface area contributed by atoms with E-state index in [4.69, 9.17) is 4.42 Å². The molecule has 0 saturated carbocycles. The topological polar surface area (TPSA) is 60.1 Å². The summed E-state index contributed by atoms with van der Waals surface area (Å²) in [6, 6.07) is 1.56. The summed E-state index contributed by atoms with van der Waals surface area (Å²) in [5.41, 5.74) is 0.569. The Bertz CT molecular complexity index is 569. The molecule has 2 aromatic heterocycles. The quantitative estimate of drug-likeness (QED) is 0.919. The molecule has 0 unspecified atom stereocenters. The minimum absolute atomic E-state index is 0.123. The summed E-state index contributed by atoms with van der Waals surface area (Å²) in [5, 5.41) is 3.02. The summed E-state index contributed by atoms with van der Waals surface area (Å²) < 4.78 is 7.08. The maximum absolute atomic E-state index is 12.2. The van der Waals surface area contributed by atoms with Crippen LogP contribution in [0.25, 0.3) is 0 Å². The van der Waals surface area contributed by atoms with Crippen molar-refractivity contribution in [3.63, 3.8) is 0 Å². The number of imidazole rings is 1. The molecular weight excluding hydrogens is 242 g/mol. The number of carbonyl (C=O) groups is 1. The molecule has 0 spiro atoms. The van der Waals surface area contributed by atoms with Crippen molar-refractivity contribution in [2.24, 2.45) is 13.0 Å². The average Bonchev–Trinajstić information content (AvgIpc) is 2.94. The Morgan fingerprint density at radius 3 is 2.68 bits per heavy atom. The van der Waals surface area contributed by atoms with Gasteiger partial charge in [0.15, 0.2) is 0 Å². The highest BCUT2D eigenvalue weighted by atomic mass is 16.3. The first-order chi connectivity index (χ1) is 9.00. The smallest absolute Gasteiger partial charge is 0.255 e. The van der Waals surface area contributed by atoms with Crippen molar-refractivity contribution in [1.29, 1.82) is 0 Å². The second-order valence-corrected chi connectivity index (χ2v) is 4.98. The van der Waals surface area contributed by atoms with Crippen molar-refractivity contribution in [1.82, 2.24) is 14.9 Å². The highest BCUT2D eigenvalue weighted by Crippen LogP contribution is 2.21. The van der Waals surface area contributed by atoms with Gasteiger partial charge < -0.3 is 14.3 Å². The predicted molar refractivity (Wildman–Crippen MR) is 71.7 cm³/mol. The molecule has 2 rings (SSSR count). The Kier molecular flexibility index (Phi) is 3.74. The number of aryl methyl sites for hydroxylation is 2. The van der Waals surface area contributed by atoms with Crippen molar-refractivity contribution in [3.8, 4) is 0 Å². The van der Waals surface area contributed by atoms with Crippen LogP contribution in [0.4, 0.5) is 0 Å². The van der Waals surface area contributed by atoms with Crippen LogP contribution in [0.1, 0.15) is 41.8 Å². The molecule has 0 bridgehead atoms. The molecule has 5 heteroatoms. The third-order valence-corrected chi connectivity index (χ3v) is 3.19. The molecule has 19 heavy (non-hydrogen) atoms. The van der Waals surface area contributed by atoms with Gasteiger partial charge in [0, 0.05) is 19.4 Å². The van der Waals surface area contributed by atoms with E-state index >= 15 is 0 Å². The van der Waals surface area contributed by atoms with Gasteiger partial charge in [0.25, 0.3) is 5.91 Å². The third-order valence-electron chi connectivity index (χ3n) is 3.19. The Morgan fingerprint density at radius 1 is 1.47 bits per heavy atom. The highest BCUT2D eigenvalue weighted by molar-refractivity contribution is 5.95. The van der Waals surface area contributed by atoms with Crippen LogP contribution in [0.15, 0.2) is 29.1 Å². The monoisotopic (exact) mass is 261 g/mol. The molecule has 0 radical (unpaired) electrons. The van der Waals surface area contributed by atoms with E-state index in [0.717, 1.165) is 5.82 Å². The third kappa shape index (κ3) is 2.70. The van der Waals surface area contributed by atoms with E-state index in [1.165, 1.54) is 6.26 Å². The van der Waals surface area contributed by atoms with Crippen molar-refractivity contribution >= 4 is 5.91 Å². The van der Waals surface area contributed by atoms with Gasteiger partial charge in [0.05, 0.1) is 17.9 Å². The minimum Gasteiger partial charge on any atom is -0.469 e. The molecule has 1 N–H and O–H groups in total. The van der Waals surface area contributed by atoms with Gasteiger partial charge in [-0.15, -0.1) is 0 Å². The SMILES string of the molecule is Cc1occc1C(=O)N[C@@H](c1nccn1C)C(C)C. The molecule has 0 aromatic carbocycles. The van der Waals surface area contributed by atoms with E-state index < -0.39 is 0 Å². The van der Waals surface area contributed by atoms with Crippen LogP contribution in [-0.2, 0) is 7.05 Å². The lowest BCUT2D eigenvalue weighted by Crippen LogP contribution is -2.33. The van der Waals surface area contributed by atoms with E-state index in [0.29, 0.717) is 11.3 Å². The normalized spacial score (nSPS) is 12.7. The van der Waals surface area contributed by atoms with Crippen LogP contribution in [-0.4, -0.2) is 15.5 Å². The molecule has 102 valence electrons. The van der Waals surface area contributed by atoms with Gasteiger partial charge in [-0.3, -0.25) is 4.79 Å². The molecule has 2 heterocycles. The van der Waals surface area contributed by atoms with E-state index in [1.807, 2.05) is 17.8 Å². The lowest BCUT2D eigenvalue weighted by molar-refractivity contribution is 0.0921. The highest BCUT2D eigenvalue weighted by Gasteiger charge is 2.23. The number of furan rings is 1. The van der Waals surface area contributed by atoms with Gasteiger partial charge in [-0.1, -0.05) is 13.8 Å².